The predicted octanol–water partition coefficient (Wildman–Crippen LogP) is 1.73. The van der Waals surface area contributed by atoms with Crippen molar-refractivity contribution in [3.8, 4) is 0 Å². The minimum atomic E-state index is -0.930. The van der Waals surface area contributed by atoms with Gasteiger partial charge in [0.1, 0.15) is 0 Å². The van der Waals surface area contributed by atoms with E-state index in [4.69, 9.17) is 5.11 Å². The van der Waals surface area contributed by atoms with E-state index in [2.05, 4.69) is 36.1 Å². The van der Waals surface area contributed by atoms with E-state index in [1.165, 1.54) is 0 Å². The standard InChI is InChI=1S/C13H14BrN5O2/c14-9-5-16-11(19-2-1-15-10(9)19)18-6-13(7-18)3-8(4-13)17-12(20)21/h1-2,5,8,17H,3-4,6-7H2,(H,20,21). The molecule has 1 spiro atoms. The molecule has 2 aliphatic rings. The van der Waals surface area contributed by atoms with Crippen LogP contribution in [0.4, 0.5) is 10.7 Å². The van der Waals surface area contributed by atoms with Crippen molar-refractivity contribution in [2.24, 2.45) is 5.41 Å². The van der Waals surface area contributed by atoms with E-state index in [9.17, 15) is 4.79 Å². The number of hydrogen-bond donors (Lipinski definition) is 2. The van der Waals surface area contributed by atoms with Gasteiger partial charge in [-0.05, 0) is 28.8 Å². The molecule has 0 aromatic carbocycles. The molecule has 0 atom stereocenters. The first kappa shape index (κ1) is 12.9. The maximum atomic E-state index is 10.6. The Balaban J connectivity index is 1.47. The number of amides is 1. The van der Waals surface area contributed by atoms with Crippen molar-refractivity contribution in [1.29, 1.82) is 0 Å². The van der Waals surface area contributed by atoms with Gasteiger partial charge in [-0.25, -0.2) is 14.8 Å². The van der Waals surface area contributed by atoms with Crippen molar-refractivity contribution in [3.05, 3.63) is 23.1 Å². The highest BCUT2D eigenvalue weighted by Gasteiger charge is 2.53. The summed E-state index contributed by atoms with van der Waals surface area (Å²) in [5.74, 6) is 0.894. The highest BCUT2D eigenvalue weighted by molar-refractivity contribution is 9.10. The lowest BCUT2D eigenvalue weighted by Crippen LogP contribution is -2.67. The Kier molecular flexibility index (Phi) is 2.66. The van der Waals surface area contributed by atoms with E-state index < -0.39 is 6.09 Å². The van der Waals surface area contributed by atoms with Crippen molar-refractivity contribution >= 4 is 33.6 Å². The molecule has 0 radical (unpaired) electrons. The largest absolute Gasteiger partial charge is 0.465 e. The maximum Gasteiger partial charge on any atom is 0.404 e. The summed E-state index contributed by atoms with van der Waals surface area (Å²) in [6.07, 6.45) is 6.34. The summed E-state index contributed by atoms with van der Waals surface area (Å²) in [6, 6.07) is 0.107. The number of nitrogens with zero attached hydrogens (tertiary/aromatic N) is 4. The lowest BCUT2D eigenvalue weighted by Gasteiger charge is -2.59. The second-order valence-corrected chi connectivity index (χ2v) is 6.79. The molecule has 2 aromatic heterocycles. The van der Waals surface area contributed by atoms with E-state index in [1.54, 1.807) is 12.4 Å². The van der Waals surface area contributed by atoms with Crippen molar-refractivity contribution in [2.75, 3.05) is 18.0 Å². The fourth-order valence-corrected chi connectivity index (χ4v) is 3.93. The smallest absolute Gasteiger partial charge is 0.404 e. The van der Waals surface area contributed by atoms with Gasteiger partial charge in [-0.1, -0.05) is 0 Å². The molecule has 8 heteroatoms. The molecule has 2 N–H and O–H groups in total. The number of halogens is 1. The molecule has 0 unspecified atom stereocenters. The molecule has 1 saturated heterocycles. The van der Waals surface area contributed by atoms with Gasteiger partial charge in [0.2, 0.25) is 5.95 Å². The van der Waals surface area contributed by atoms with Gasteiger partial charge >= 0.3 is 6.09 Å². The summed E-state index contributed by atoms with van der Waals surface area (Å²) in [5.41, 5.74) is 1.12. The summed E-state index contributed by atoms with van der Waals surface area (Å²) >= 11 is 3.45. The third-order valence-corrected chi connectivity index (χ3v) is 4.94. The Morgan fingerprint density at radius 3 is 2.90 bits per heavy atom. The topological polar surface area (TPSA) is 82.8 Å². The zero-order chi connectivity index (χ0) is 14.6. The van der Waals surface area contributed by atoms with Gasteiger partial charge in [0.15, 0.2) is 5.65 Å². The molecule has 1 aliphatic heterocycles. The number of carbonyl (C=O) groups is 1. The summed E-state index contributed by atoms with van der Waals surface area (Å²) in [4.78, 5) is 21.6. The Hall–Kier alpha value is -1.83. The van der Waals surface area contributed by atoms with Crippen LogP contribution in [0, 0.1) is 5.41 Å². The Morgan fingerprint density at radius 1 is 1.43 bits per heavy atom. The lowest BCUT2D eigenvalue weighted by molar-refractivity contribution is 0.0475. The third kappa shape index (κ3) is 1.97. The quantitative estimate of drug-likeness (QED) is 0.860. The van der Waals surface area contributed by atoms with Crippen LogP contribution >= 0.6 is 15.9 Å². The van der Waals surface area contributed by atoms with Crippen LogP contribution < -0.4 is 10.2 Å². The van der Waals surface area contributed by atoms with E-state index >= 15 is 0 Å². The van der Waals surface area contributed by atoms with Crippen LogP contribution in [0.25, 0.3) is 5.65 Å². The molecule has 4 rings (SSSR count). The number of hydrogen-bond acceptors (Lipinski definition) is 4. The number of anilines is 1. The number of imidazole rings is 1. The predicted molar refractivity (Wildman–Crippen MR) is 79.5 cm³/mol. The first-order valence-corrected chi connectivity index (χ1v) is 7.58. The van der Waals surface area contributed by atoms with Crippen LogP contribution in [0.1, 0.15) is 12.8 Å². The second-order valence-electron chi connectivity index (χ2n) is 5.94. The molecule has 1 amide bonds. The van der Waals surface area contributed by atoms with Crippen LogP contribution in [0.15, 0.2) is 23.1 Å². The molecule has 2 fully saturated rings. The average molecular weight is 352 g/mol. The van der Waals surface area contributed by atoms with Crippen molar-refractivity contribution in [1.82, 2.24) is 19.7 Å². The number of aromatic nitrogens is 3. The van der Waals surface area contributed by atoms with Crippen LogP contribution in [0.2, 0.25) is 0 Å². The summed E-state index contributed by atoms with van der Waals surface area (Å²) in [5, 5.41) is 11.3. The Morgan fingerprint density at radius 2 is 2.19 bits per heavy atom. The van der Waals surface area contributed by atoms with Gasteiger partial charge in [0.05, 0.1) is 4.47 Å². The minimum Gasteiger partial charge on any atom is -0.465 e. The van der Waals surface area contributed by atoms with E-state index in [0.29, 0.717) is 0 Å². The fourth-order valence-electron chi connectivity index (χ4n) is 3.54. The normalized spacial score (nSPS) is 20.3. The minimum absolute atomic E-state index is 0.107. The van der Waals surface area contributed by atoms with Crippen molar-refractivity contribution < 1.29 is 9.90 Å². The lowest BCUT2D eigenvalue weighted by atomic mass is 9.61. The van der Waals surface area contributed by atoms with Gasteiger partial charge in [0, 0.05) is 43.1 Å². The highest BCUT2D eigenvalue weighted by Crippen LogP contribution is 2.49. The number of fused-ring (bicyclic) bond motifs is 1. The van der Waals surface area contributed by atoms with Crippen molar-refractivity contribution in [2.45, 2.75) is 18.9 Å². The monoisotopic (exact) mass is 351 g/mol. The SMILES string of the molecule is O=C(O)NC1CC2(C1)CN(c1ncc(Br)c3nccn13)C2. The van der Waals surface area contributed by atoms with Crippen LogP contribution in [-0.2, 0) is 0 Å². The molecule has 110 valence electrons. The van der Waals surface area contributed by atoms with E-state index in [-0.39, 0.29) is 11.5 Å². The molecule has 3 heterocycles. The summed E-state index contributed by atoms with van der Waals surface area (Å²) in [7, 11) is 0. The average Bonchev–Trinajstić information content (AvgIpc) is 2.81. The van der Waals surface area contributed by atoms with Crippen LogP contribution in [-0.4, -0.2) is 44.7 Å². The highest BCUT2D eigenvalue weighted by atomic mass is 79.9. The van der Waals surface area contributed by atoms with Gasteiger partial charge in [-0.2, -0.15) is 0 Å². The zero-order valence-corrected chi connectivity index (χ0v) is 12.7. The summed E-state index contributed by atoms with van der Waals surface area (Å²) in [6.45, 7) is 1.85. The number of carboxylic acid groups (broad SMARTS) is 1. The van der Waals surface area contributed by atoms with Crippen LogP contribution in [0.3, 0.4) is 0 Å². The summed E-state index contributed by atoms with van der Waals surface area (Å²) < 4.78 is 2.85. The molecule has 1 aliphatic carbocycles. The fraction of sp³-hybridized carbons (Fsp3) is 0.462. The van der Waals surface area contributed by atoms with E-state index in [1.807, 2.05) is 10.6 Å². The molecule has 7 nitrogen and oxygen atoms in total. The van der Waals surface area contributed by atoms with Gasteiger partial charge < -0.3 is 15.3 Å². The van der Waals surface area contributed by atoms with Gasteiger partial charge in [0.25, 0.3) is 0 Å². The Bertz CT molecular complexity index is 716. The molecule has 2 aromatic rings. The molecule has 21 heavy (non-hydrogen) atoms. The molecular formula is C13H14BrN5O2. The maximum absolute atomic E-state index is 10.6. The molecule has 1 saturated carbocycles. The number of rotatable bonds is 2. The zero-order valence-electron chi connectivity index (χ0n) is 11.2. The van der Waals surface area contributed by atoms with Crippen LogP contribution in [0.5, 0.6) is 0 Å². The first-order chi connectivity index (χ1) is 10.1. The first-order valence-electron chi connectivity index (χ1n) is 6.78. The molecule has 0 bridgehead atoms. The van der Waals surface area contributed by atoms with Crippen molar-refractivity contribution in [3.63, 3.8) is 0 Å². The van der Waals surface area contributed by atoms with E-state index in [0.717, 1.165) is 42.0 Å². The Labute approximate surface area is 129 Å². The molecular weight excluding hydrogens is 338 g/mol. The van der Waals surface area contributed by atoms with Gasteiger partial charge in [-0.3, -0.25) is 4.40 Å². The second kappa shape index (κ2) is 4.33. The third-order valence-electron chi connectivity index (χ3n) is 4.39. The van der Waals surface area contributed by atoms with Gasteiger partial charge in [-0.15, -0.1) is 0 Å². The number of nitrogens with one attached hydrogen (secondary N) is 1.